The lowest BCUT2D eigenvalue weighted by molar-refractivity contribution is -0.141. The monoisotopic (exact) mass is 285 g/mol. The third kappa shape index (κ3) is 4.22. The van der Waals surface area contributed by atoms with Crippen LogP contribution in [0.3, 0.4) is 0 Å². The second kappa shape index (κ2) is 6.36. The van der Waals surface area contributed by atoms with Crippen LogP contribution in [0.1, 0.15) is 18.5 Å². The maximum atomic E-state index is 12.4. The molecule has 108 valence electrons. The van der Waals surface area contributed by atoms with Crippen LogP contribution in [0, 0.1) is 0 Å². The van der Waals surface area contributed by atoms with Crippen molar-refractivity contribution in [2.45, 2.75) is 25.6 Å². The Kier molecular flexibility index (Phi) is 4.54. The Labute approximate surface area is 113 Å². The third-order valence-corrected chi connectivity index (χ3v) is 2.63. The van der Waals surface area contributed by atoms with Crippen LogP contribution in [0.15, 0.2) is 31.0 Å². The lowest BCUT2D eigenvalue weighted by atomic mass is 10.3. The molecule has 0 aliphatic rings. The van der Waals surface area contributed by atoms with Gasteiger partial charge in [0, 0.05) is 31.7 Å². The molecule has 0 fully saturated rings. The predicted octanol–water partition coefficient (Wildman–Crippen LogP) is 2.58. The molecule has 1 N–H and O–H groups in total. The number of rotatable bonds is 6. The molecule has 0 aliphatic carbocycles. The quantitative estimate of drug-likeness (QED) is 0.829. The fraction of sp³-hybridized carbons (Fsp3) is 0.417. The van der Waals surface area contributed by atoms with Crippen molar-refractivity contribution < 1.29 is 13.2 Å². The molecule has 2 aromatic rings. The third-order valence-electron chi connectivity index (χ3n) is 2.63. The summed E-state index contributed by atoms with van der Waals surface area (Å²) in [4.78, 5) is 11.1. The highest BCUT2D eigenvalue weighted by Gasteiger charge is 2.32. The first kappa shape index (κ1) is 14.3. The number of anilines is 1. The van der Waals surface area contributed by atoms with Gasteiger partial charge in [-0.3, -0.25) is 0 Å². The Morgan fingerprint density at radius 2 is 2.05 bits per heavy atom. The molecule has 5 nitrogen and oxygen atoms in total. The van der Waals surface area contributed by atoms with Gasteiger partial charge in [0.2, 0.25) is 5.95 Å². The summed E-state index contributed by atoms with van der Waals surface area (Å²) in [6, 6.07) is 0.851. The zero-order valence-corrected chi connectivity index (χ0v) is 10.6. The minimum atomic E-state index is -4.44. The summed E-state index contributed by atoms with van der Waals surface area (Å²) in [6.45, 7) is 1.35. The van der Waals surface area contributed by atoms with Crippen molar-refractivity contribution in [3.8, 4) is 0 Å². The summed E-state index contributed by atoms with van der Waals surface area (Å²) in [6.07, 6.45) is 3.64. The van der Waals surface area contributed by atoms with E-state index in [1.807, 2.05) is 10.8 Å². The largest absolute Gasteiger partial charge is 0.433 e. The number of aryl methyl sites for hydroxylation is 1. The first-order chi connectivity index (χ1) is 9.55. The molecule has 0 aromatic carbocycles. The minimum absolute atomic E-state index is 0.00227. The van der Waals surface area contributed by atoms with Crippen LogP contribution in [0.5, 0.6) is 0 Å². The number of hydrogen-bond donors (Lipinski definition) is 1. The van der Waals surface area contributed by atoms with Gasteiger partial charge in [-0.15, -0.1) is 0 Å². The molecule has 2 aromatic heterocycles. The molecule has 0 atom stereocenters. The fourth-order valence-electron chi connectivity index (χ4n) is 1.64. The maximum Gasteiger partial charge on any atom is 0.433 e. The fourth-order valence-corrected chi connectivity index (χ4v) is 1.64. The van der Waals surface area contributed by atoms with Crippen molar-refractivity contribution in [1.29, 1.82) is 0 Å². The van der Waals surface area contributed by atoms with Crippen molar-refractivity contribution in [3.05, 3.63) is 36.7 Å². The van der Waals surface area contributed by atoms with Crippen LogP contribution in [0.4, 0.5) is 19.1 Å². The van der Waals surface area contributed by atoms with Crippen LogP contribution >= 0.6 is 0 Å². The number of halogens is 3. The van der Waals surface area contributed by atoms with Gasteiger partial charge in [0.25, 0.3) is 0 Å². The number of unbranched alkanes of at least 4 members (excludes halogenated alkanes) is 1. The topological polar surface area (TPSA) is 55.6 Å². The normalized spacial score (nSPS) is 11.6. The van der Waals surface area contributed by atoms with Gasteiger partial charge in [-0.05, 0) is 18.9 Å². The number of hydrogen-bond acceptors (Lipinski definition) is 4. The highest BCUT2D eigenvalue weighted by Crippen LogP contribution is 2.27. The Morgan fingerprint density at radius 1 is 1.20 bits per heavy atom. The minimum Gasteiger partial charge on any atom is -0.354 e. The highest BCUT2D eigenvalue weighted by molar-refractivity contribution is 5.25. The molecule has 0 radical (unpaired) electrons. The molecule has 2 heterocycles. The van der Waals surface area contributed by atoms with E-state index in [0.29, 0.717) is 6.54 Å². The van der Waals surface area contributed by atoms with Crippen molar-refractivity contribution in [1.82, 2.24) is 19.5 Å². The van der Waals surface area contributed by atoms with Gasteiger partial charge in [0.05, 0.1) is 6.33 Å². The Bertz CT molecular complexity index is 524. The average Bonchev–Trinajstić information content (AvgIpc) is 2.91. The van der Waals surface area contributed by atoms with Crippen molar-refractivity contribution >= 4 is 5.95 Å². The molecule has 0 saturated heterocycles. The summed E-state index contributed by atoms with van der Waals surface area (Å²) < 4.78 is 39.3. The number of aromatic nitrogens is 4. The Balaban J connectivity index is 1.74. The lowest BCUT2D eigenvalue weighted by Crippen LogP contribution is -2.12. The van der Waals surface area contributed by atoms with E-state index >= 15 is 0 Å². The summed E-state index contributed by atoms with van der Waals surface area (Å²) in [5, 5.41) is 2.79. The van der Waals surface area contributed by atoms with E-state index in [2.05, 4.69) is 20.3 Å². The Morgan fingerprint density at radius 3 is 2.75 bits per heavy atom. The van der Waals surface area contributed by atoms with E-state index in [1.165, 1.54) is 0 Å². The Hall–Kier alpha value is -2.12. The van der Waals surface area contributed by atoms with Crippen LogP contribution < -0.4 is 5.32 Å². The lowest BCUT2D eigenvalue weighted by Gasteiger charge is -2.08. The molecule has 20 heavy (non-hydrogen) atoms. The van der Waals surface area contributed by atoms with Gasteiger partial charge in [-0.25, -0.2) is 15.0 Å². The smallest absolute Gasteiger partial charge is 0.354 e. The molecule has 0 saturated carbocycles. The second-order valence-corrected chi connectivity index (χ2v) is 4.20. The summed E-state index contributed by atoms with van der Waals surface area (Å²) in [5.74, 6) is 0.00227. The molecule has 0 unspecified atom stereocenters. The first-order valence-electron chi connectivity index (χ1n) is 6.15. The van der Waals surface area contributed by atoms with E-state index in [9.17, 15) is 13.2 Å². The van der Waals surface area contributed by atoms with Crippen LogP contribution in [-0.4, -0.2) is 26.1 Å². The molecule has 0 amide bonds. The van der Waals surface area contributed by atoms with Crippen molar-refractivity contribution in [2.24, 2.45) is 0 Å². The van der Waals surface area contributed by atoms with Gasteiger partial charge >= 0.3 is 6.18 Å². The SMILES string of the molecule is FC(F)(F)c1ccnc(NCCCCn2ccnc2)n1. The van der Waals surface area contributed by atoms with Crippen molar-refractivity contribution in [2.75, 3.05) is 11.9 Å². The number of imidazole rings is 1. The first-order valence-corrected chi connectivity index (χ1v) is 6.15. The molecule has 0 bridgehead atoms. The highest BCUT2D eigenvalue weighted by atomic mass is 19.4. The maximum absolute atomic E-state index is 12.4. The van der Waals surface area contributed by atoms with E-state index in [-0.39, 0.29) is 5.95 Å². The summed E-state index contributed by atoms with van der Waals surface area (Å²) in [7, 11) is 0. The second-order valence-electron chi connectivity index (χ2n) is 4.20. The molecule has 0 aliphatic heterocycles. The zero-order valence-electron chi connectivity index (χ0n) is 10.6. The van der Waals surface area contributed by atoms with Crippen LogP contribution in [0.2, 0.25) is 0 Å². The summed E-state index contributed by atoms with van der Waals surface area (Å²) >= 11 is 0. The van der Waals surface area contributed by atoms with Gasteiger partial charge in [0.1, 0.15) is 5.69 Å². The van der Waals surface area contributed by atoms with Crippen molar-refractivity contribution in [3.63, 3.8) is 0 Å². The van der Waals surface area contributed by atoms with E-state index < -0.39 is 11.9 Å². The summed E-state index contributed by atoms with van der Waals surface area (Å²) in [5.41, 5.74) is -0.937. The van der Waals surface area contributed by atoms with Crippen LogP contribution in [0.25, 0.3) is 0 Å². The standard InChI is InChI=1S/C12H14F3N5/c13-12(14,15)10-3-5-18-11(19-10)17-4-1-2-7-20-8-6-16-9-20/h3,5-6,8-9H,1-2,4,7H2,(H,17,18,19). The molecule has 8 heteroatoms. The number of nitrogens with zero attached hydrogens (tertiary/aromatic N) is 4. The van der Waals surface area contributed by atoms with E-state index in [0.717, 1.165) is 31.6 Å². The predicted molar refractivity (Wildman–Crippen MR) is 67.0 cm³/mol. The molecule has 2 rings (SSSR count). The van der Waals surface area contributed by atoms with Gasteiger partial charge in [-0.2, -0.15) is 13.2 Å². The van der Waals surface area contributed by atoms with E-state index in [4.69, 9.17) is 0 Å². The molecule has 0 spiro atoms. The molecular formula is C12H14F3N5. The average molecular weight is 285 g/mol. The van der Waals surface area contributed by atoms with E-state index in [1.54, 1.807) is 12.5 Å². The van der Waals surface area contributed by atoms with Crippen LogP contribution in [-0.2, 0) is 12.7 Å². The van der Waals surface area contributed by atoms with Gasteiger partial charge in [0.15, 0.2) is 0 Å². The van der Waals surface area contributed by atoms with Gasteiger partial charge in [-0.1, -0.05) is 0 Å². The van der Waals surface area contributed by atoms with Gasteiger partial charge < -0.3 is 9.88 Å². The molecular weight excluding hydrogens is 271 g/mol. The zero-order chi connectivity index (χ0) is 14.4. The number of alkyl halides is 3. The number of nitrogens with one attached hydrogen (secondary N) is 1.